The molecule has 0 aliphatic heterocycles. The van der Waals surface area contributed by atoms with E-state index in [1.54, 1.807) is 18.2 Å². The number of nitrogens with one attached hydrogen (secondary N) is 3. The topological polar surface area (TPSA) is 87.3 Å². The van der Waals surface area contributed by atoms with Gasteiger partial charge in [0.2, 0.25) is 0 Å². The molecule has 0 heterocycles. The van der Waals surface area contributed by atoms with E-state index < -0.39 is 24.2 Å². The van der Waals surface area contributed by atoms with Gasteiger partial charge in [-0.25, -0.2) is 0 Å². The molecular weight excluding hydrogens is 643 g/mol. The molecule has 0 saturated heterocycles. The van der Waals surface area contributed by atoms with Crippen LogP contribution in [0.15, 0.2) is 18.2 Å². The van der Waals surface area contributed by atoms with Gasteiger partial charge in [0.15, 0.2) is 0 Å². The monoisotopic (exact) mass is 696 g/mol. The van der Waals surface area contributed by atoms with E-state index in [0.717, 1.165) is 37.4 Å². The Kier molecular flexibility index (Phi) is 14.6. The van der Waals surface area contributed by atoms with Gasteiger partial charge >= 0.3 is 0 Å². The van der Waals surface area contributed by atoms with Gasteiger partial charge in [-0.3, -0.25) is 14.4 Å². The predicted molar refractivity (Wildman–Crippen MR) is 205 cm³/mol. The molecule has 6 nitrogen and oxygen atoms in total. The molecule has 3 aliphatic carbocycles. The molecule has 4 rings (SSSR count). The fourth-order valence-electron chi connectivity index (χ4n) is 6.43. The van der Waals surface area contributed by atoms with E-state index in [4.69, 9.17) is 0 Å². The molecule has 15 radical (unpaired) electrons. The van der Waals surface area contributed by atoms with Crippen LogP contribution < -0.4 is 16.0 Å². The lowest BCUT2D eigenvalue weighted by Crippen LogP contribution is -2.36. The highest BCUT2D eigenvalue weighted by atomic mass is 28.3. The highest BCUT2D eigenvalue weighted by molar-refractivity contribution is 6.84. The summed E-state index contributed by atoms with van der Waals surface area (Å²) in [4.78, 5) is 40.1. The van der Waals surface area contributed by atoms with Crippen molar-refractivity contribution in [2.24, 2.45) is 0 Å². The SMILES string of the molecule is C[Si](C)(CCCNC(=O)c1cc(C(=O)NCCC[Si](C)(C)[C]2[CH][CH][CH][CH]2)cc(C(=O)NCCC[Si](C)(C)[C]2[CH][CH][CH][CH]2)c1)[C]1[CH][CH][CH][CH]1. The van der Waals surface area contributed by atoms with Gasteiger partial charge in [0.25, 0.3) is 17.7 Å². The average molecular weight is 697 g/mol. The molecule has 1 aromatic carbocycles. The Hall–Kier alpha value is -1.72. The molecule has 255 valence electrons. The molecule has 48 heavy (non-hydrogen) atoms. The first-order valence-electron chi connectivity index (χ1n) is 17.4. The Bertz CT molecular complexity index is 1060. The summed E-state index contributed by atoms with van der Waals surface area (Å²) in [6.45, 7) is 15.7. The number of carbonyl (C=O) groups excluding carboxylic acids is 3. The molecule has 0 bridgehead atoms. The molecule has 3 saturated carbocycles. The molecule has 9 heteroatoms. The van der Waals surface area contributed by atoms with Gasteiger partial charge in [0.1, 0.15) is 0 Å². The normalized spacial score (nSPS) is 18.4. The highest BCUT2D eigenvalue weighted by Gasteiger charge is 2.36. The van der Waals surface area contributed by atoms with Crippen LogP contribution in [0.5, 0.6) is 0 Å². The van der Waals surface area contributed by atoms with Crippen molar-refractivity contribution in [1.82, 2.24) is 16.0 Å². The second-order valence-corrected chi connectivity index (χ2v) is 29.6. The van der Waals surface area contributed by atoms with Crippen LogP contribution in [0.4, 0.5) is 0 Å². The standard InChI is InChI=1S/C39H54N3O3Si3/c1-46(2,34-16-7-8-17-34)25-13-22-40-37(43)31-28-32(38(44)41-23-14-26-47(3,4)35-18-9-10-19-35)30-33(29-31)39(45)42-24-15-27-48(5,6)36-20-11-12-21-36/h7-12,16-21,28-30H,13-15,22-27H2,1-6H3,(H,40,43)(H,41,44)(H,42,45). The van der Waals surface area contributed by atoms with Gasteiger partial charge in [-0.1, -0.05) is 57.4 Å². The molecule has 0 unspecified atom stereocenters. The van der Waals surface area contributed by atoms with E-state index in [2.05, 4.69) is 132 Å². The number of amides is 3. The number of hydrogen-bond donors (Lipinski definition) is 3. The number of benzene rings is 1. The van der Waals surface area contributed by atoms with Crippen LogP contribution in [-0.2, 0) is 0 Å². The van der Waals surface area contributed by atoms with Crippen molar-refractivity contribution < 1.29 is 14.4 Å². The van der Waals surface area contributed by atoms with Crippen molar-refractivity contribution in [2.75, 3.05) is 19.6 Å². The van der Waals surface area contributed by atoms with Gasteiger partial charge < -0.3 is 16.0 Å². The van der Waals surface area contributed by atoms with Crippen LogP contribution in [-0.4, -0.2) is 61.6 Å². The maximum atomic E-state index is 13.4. The Morgan fingerprint density at radius 3 is 0.896 bits per heavy atom. The van der Waals surface area contributed by atoms with E-state index in [0.29, 0.717) is 36.3 Å². The second-order valence-electron chi connectivity index (χ2n) is 15.0. The van der Waals surface area contributed by atoms with Gasteiger partial charge in [-0.15, -0.1) is 0 Å². The van der Waals surface area contributed by atoms with Gasteiger partial charge in [-0.05, 0) is 131 Å². The lowest BCUT2D eigenvalue weighted by atomic mass is 10.0. The van der Waals surface area contributed by atoms with Crippen molar-refractivity contribution >= 4 is 41.9 Å². The zero-order valence-electron chi connectivity index (χ0n) is 29.7. The molecule has 3 N–H and O–H groups in total. The van der Waals surface area contributed by atoms with Crippen LogP contribution in [0, 0.1) is 93.7 Å². The average Bonchev–Trinajstić information content (AvgIpc) is 3.87. The maximum absolute atomic E-state index is 13.4. The summed E-state index contributed by atoms with van der Waals surface area (Å²) in [5.74, 6) is -0.802. The Labute approximate surface area is 296 Å². The first-order chi connectivity index (χ1) is 22.8. The quantitative estimate of drug-likeness (QED) is 0.114. The van der Waals surface area contributed by atoms with Crippen LogP contribution >= 0.6 is 0 Å². The smallest absolute Gasteiger partial charge is 0.251 e. The van der Waals surface area contributed by atoms with E-state index in [1.807, 2.05) is 0 Å². The number of hydrogen-bond acceptors (Lipinski definition) is 3. The minimum atomic E-state index is -1.57. The third-order valence-electron chi connectivity index (χ3n) is 9.84. The first kappa shape index (κ1) is 39.1. The fraction of sp³-hybridized carbons (Fsp3) is 0.385. The highest BCUT2D eigenvalue weighted by Crippen LogP contribution is 2.37. The van der Waals surface area contributed by atoms with Crippen LogP contribution in [0.25, 0.3) is 0 Å². The summed E-state index contributed by atoms with van der Waals surface area (Å²) >= 11 is 0. The largest absolute Gasteiger partial charge is 0.352 e. The van der Waals surface area contributed by atoms with Crippen LogP contribution in [0.1, 0.15) is 50.3 Å². The van der Waals surface area contributed by atoms with E-state index in [-0.39, 0.29) is 17.7 Å². The summed E-state index contributed by atoms with van der Waals surface area (Å²) in [5, 5.41) is 9.13. The third-order valence-corrected chi connectivity index (χ3v) is 20.3. The van der Waals surface area contributed by atoms with E-state index in [9.17, 15) is 14.4 Å². The number of rotatable bonds is 18. The Morgan fingerprint density at radius 1 is 0.438 bits per heavy atom. The minimum absolute atomic E-state index is 0.267. The van der Waals surface area contributed by atoms with Crippen molar-refractivity contribution in [3.63, 3.8) is 0 Å². The maximum Gasteiger partial charge on any atom is 0.251 e. The molecule has 3 aliphatic rings. The first-order valence-corrected chi connectivity index (χ1v) is 27.1. The molecule has 3 fully saturated rings. The van der Waals surface area contributed by atoms with Crippen molar-refractivity contribution in [2.45, 2.75) is 76.7 Å². The van der Waals surface area contributed by atoms with Crippen LogP contribution in [0.2, 0.25) is 57.4 Å². The molecular formula is C39H54N3O3Si3. The summed E-state index contributed by atoms with van der Waals surface area (Å²) in [7, 11) is -4.70. The summed E-state index contributed by atoms with van der Waals surface area (Å²) < 4.78 is 0. The number of carbonyl (C=O) groups is 3. The van der Waals surface area contributed by atoms with E-state index >= 15 is 0 Å². The lowest BCUT2D eigenvalue weighted by molar-refractivity contribution is 0.0953. The summed E-state index contributed by atoms with van der Waals surface area (Å²) in [5.41, 5.74) is 5.27. The fourth-order valence-corrected chi connectivity index (χ4v) is 13.8. The van der Waals surface area contributed by atoms with Crippen molar-refractivity contribution in [3.8, 4) is 0 Å². The minimum Gasteiger partial charge on any atom is -0.352 e. The molecule has 0 spiro atoms. The van der Waals surface area contributed by atoms with Crippen molar-refractivity contribution in [3.05, 3.63) is 129 Å². The molecule has 3 amide bonds. The Morgan fingerprint density at radius 2 is 0.667 bits per heavy atom. The van der Waals surface area contributed by atoms with Crippen LogP contribution in [0.3, 0.4) is 0 Å². The van der Waals surface area contributed by atoms with Crippen molar-refractivity contribution in [1.29, 1.82) is 0 Å². The summed E-state index contributed by atoms with van der Waals surface area (Å²) in [6, 6.07) is 8.02. The molecule has 0 atom stereocenters. The van der Waals surface area contributed by atoms with Gasteiger partial charge in [0.05, 0.1) is 24.2 Å². The van der Waals surface area contributed by atoms with Gasteiger partial charge in [-0.2, -0.15) is 0 Å². The zero-order valence-corrected chi connectivity index (χ0v) is 32.7. The predicted octanol–water partition coefficient (Wildman–Crippen LogP) is 7.00. The molecule has 1 aromatic rings. The third kappa shape index (κ3) is 11.4. The second kappa shape index (κ2) is 18.0. The summed E-state index contributed by atoms with van der Waals surface area (Å²) in [6.07, 6.45) is 28.3. The Balaban J connectivity index is 1.35. The van der Waals surface area contributed by atoms with E-state index in [1.165, 1.54) is 16.6 Å². The lowest BCUT2D eigenvalue weighted by Gasteiger charge is -2.28. The molecule has 0 aromatic heterocycles. The zero-order chi connectivity index (χ0) is 34.8. The van der Waals surface area contributed by atoms with Gasteiger partial charge in [0, 0.05) is 36.3 Å².